The van der Waals surface area contributed by atoms with Crippen LogP contribution < -0.4 is 10.1 Å². The molecule has 1 amide bonds. The van der Waals surface area contributed by atoms with Gasteiger partial charge in [0.05, 0.1) is 11.0 Å². The molecule has 0 aliphatic rings. The zero-order valence-corrected chi connectivity index (χ0v) is 9.88. The van der Waals surface area contributed by atoms with Gasteiger partial charge in [-0.25, -0.2) is 4.39 Å². The van der Waals surface area contributed by atoms with Gasteiger partial charge in [-0.15, -0.1) is 6.42 Å². The minimum absolute atomic E-state index is 0.150. The van der Waals surface area contributed by atoms with Crippen molar-refractivity contribution in [2.45, 2.75) is 0 Å². The van der Waals surface area contributed by atoms with Gasteiger partial charge < -0.3 is 10.1 Å². The highest BCUT2D eigenvalue weighted by atomic mass is 79.9. The molecular formula is C11H9BrFNO2. The van der Waals surface area contributed by atoms with Crippen LogP contribution in [0, 0.1) is 18.2 Å². The fourth-order valence-corrected chi connectivity index (χ4v) is 1.16. The Morgan fingerprint density at radius 1 is 1.62 bits per heavy atom. The van der Waals surface area contributed by atoms with Gasteiger partial charge in [0.2, 0.25) is 0 Å². The molecule has 0 spiro atoms. The zero-order chi connectivity index (χ0) is 12.0. The lowest BCUT2D eigenvalue weighted by Gasteiger charge is -2.06. The van der Waals surface area contributed by atoms with E-state index in [0.29, 0.717) is 4.47 Å². The van der Waals surface area contributed by atoms with Gasteiger partial charge >= 0.3 is 0 Å². The third kappa shape index (κ3) is 3.91. The summed E-state index contributed by atoms with van der Waals surface area (Å²) in [5, 5.41) is 2.43. The average molecular weight is 286 g/mol. The summed E-state index contributed by atoms with van der Waals surface area (Å²) in [4.78, 5) is 11.1. The molecule has 0 heterocycles. The first-order chi connectivity index (χ1) is 7.63. The molecule has 0 aromatic heterocycles. The fourth-order valence-electron chi connectivity index (χ4n) is 0.916. The van der Waals surface area contributed by atoms with Gasteiger partial charge in [0.15, 0.2) is 6.61 Å². The quantitative estimate of drug-likeness (QED) is 0.856. The predicted octanol–water partition coefficient (Wildman–Crippen LogP) is 1.72. The monoisotopic (exact) mass is 285 g/mol. The molecular weight excluding hydrogens is 277 g/mol. The van der Waals surface area contributed by atoms with Crippen molar-refractivity contribution in [3.63, 3.8) is 0 Å². The Kier molecular flexibility index (Phi) is 4.80. The molecule has 0 radical (unpaired) electrons. The molecule has 0 bridgehead atoms. The number of rotatable bonds is 4. The number of carbonyl (C=O) groups excluding carboxylic acids is 1. The van der Waals surface area contributed by atoms with Crippen LogP contribution in [-0.2, 0) is 4.79 Å². The molecule has 0 saturated heterocycles. The molecule has 16 heavy (non-hydrogen) atoms. The first kappa shape index (κ1) is 12.5. The number of terminal acetylenes is 1. The summed E-state index contributed by atoms with van der Waals surface area (Å²) in [6, 6.07) is 4.25. The molecule has 0 atom stereocenters. The molecule has 1 rings (SSSR count). The van der Waals surface area contributed by atoms with Crippen LogP contribution in [0.4, 0.5) is 4.39 Å². The van der Waals surface area contributed by atoms with Gasteiger partial charge in [0, 0.05) is 6.07 Å². The second-order valence-corrected chi connectivity index (χ2v) is 3.70. The lowest BCUT2D eigenvalue weighted by Crippen LogP contribution is -2.29. The Bertz CT molecular complexity index is 428. The second-order valence-electron chi connectivity index (χ2n) is 2.85. The summed E-state index contributed by atoms with van der Waals surface area (Å²) >= 11 is 3.01. The molecule has 1 aromatic carbocycles. The first-order valence-electron chi connectivity index (χ1n) is 4.41. The summed E-state index contributed by atoms with van der Waals surface area (Å²) in [5.41, 5.74) is 0. The number of halogens is 2. The van der Waals surface area contributed by atoms with Crippen molar-refractivity contribution < 1.29 is 13.9 Å². The Morgan fingerprint density at radius 3 is 3.00 bits per heavy atom. The highest BCUT2D eigenvalue weighted by molar-refractivity contribution is 9.10. The third-order valence-corrected chi connectivity index (χ3v) is 2.29. The van der Waals surface area contributed by atoms with E-state index in [0.717, 1.165) is 0 Å². The fraction of sp³-hybridized carbons (Fsp3) is 0.182. The topological polar surface area (TPSA) is 38.3 Å². The summed E-state index contributed by atoms with van der Waals surface area (Å²) in [6.45, 7) is -0.0420. The molecule has 0 aliphatic carbocycles. The number of hydrogen-bond acceptors (Lipinski definition) is 2. The zero-order valence-electron chi connectivity index (χ0n) is 8.30. The van der Waals surface area contributed by atoms with Crippen LogP contribution in [0.15, 0.2) is 22.7 Å². The first-order valence-corrected chi connectivity index (χ1v) is 5.21. The number of hydrogen-bond donors (Lipinski definition) is 1. The molecule has 0 unspecified atom stereocenters. The van der Waals surface area contributed by atoms with Gasteiger partial charge in [0.25, 0.3) is 5.91 Å². The van der Waals surface area contributed by atoms with Gasteiger partial charge in [-0.1, -0.05) is 5.92 Å². The van der Waals surface area contributed by atoms with Gasteiger partial charge in [-0.05, 0) is 28.1 Å². The van der Waals surface area contributed by atoms with E-state index < -0.39 is 5.82 Å². The summed E-state index contributed by atoms with van der Waals surface area (Å²) < 4.78 is 18.5. The van der Waals surface area contributed by atoms with E-state index in [1.165, 1.54) is 12.1 Å². The van der Waals surface area contributed by atoms with Gasteiger partial charge in [-0.3, -0.25) is 4.79 Å². The van der Waals surface area contributed by atoms with Crippen molar-refractivity contribution in [3.8, 4) is 18.1 Å². The van der Waals surface area contributed by atoms with E-state index in [1.807, 2.05) is 0 Å². The number of nitrogens with one attached hydrogen (secondary N) is 1. The van der Waals surface area contributed by atoms with Crippen LogP contribution >= 0.6 is 15.9 Å². The Morgan fingerprint density at radius 2 is 2.38 bits per heavy atom. The lowest BCUT2D eigenvalue weighted by atomic mass is 10.3. The van der Waals surface area contributed by atoms with E-state index >= 15 is 0 Å². The summed E-state index contributed by atoms with van der Waals surface area (Å²) in [6.07, 6.45) is 4.96. The molecule has 84 valence electrons. The molecule has 5 heteroatoms. The van der Waals surface area contributed by atoms with Gasteiger partial charge in [-0.2, -0.15) is 0 Å². The van der Waals surface area contributed by atoms with E-state index in [1.54, 1.807) is 6.07 Å². The standard InChI is InChI=1S/C11H9BrFNO2/c1-2-5-14-11(15)7-16-8-3-4-9(12)10(13)6-8/h1,3-4,6H,5,7H2,(H,14,15). The van der Waals surface area contributed by atoms with Crippen molar-refractivity contribution >= 4 is 21.8 Å². The maximum atomic E-state index is 13.1. The summed E-state index contributed by atoms with van der Waals surface area (Å²) in [5.74, 6) is 1.76. The second kappa shape index (κ2) is 6.13. The van der Waals surface area contributed by atoms with Crippen LogP contribution in [0.1, 0.15) is 0 Å². The maximum absolute atomic E-state index is 13.1. The smallest absolute Gasteiger partial charge is 0.258 e. The Balaban J connectivity index is 2.46. The largest absolute Gasteiger partial charge is 0.484 e. The predicted molar refractivity (Wildman–Crippen MR) is 61.4 cm³/mol. The maximum Gasteiger partial charge on any atom is 0.258 e. The van der Waals surface area contributed by atoms with E-state index in [-0.39, 0.29) is 24.8 Å². The van der Waals surface area contributed by atoms with Crippen LogP contribution in [0.3, 0.4) is 0 Å². The normalized spacial score (nSPS) is 9.31. The van der Waals surface area contributed by atoms with Crippen molar-refractivity contribution in [2.75, 3.05) is 13.2 Å². The van der Waals surface area contributed by atoms with Crippen molar-refractivity contribution in [1.82, 2.24) is 5.32 Å². The van der Waals surface area contributed by atoms with E-state index in [2.05, 4.69) is 27.2 Å². The highest BCUT2D eigenvalue weighted by Gasteiger charge is 2.04. The van der Waals surface area contributed by atoms with E-state index in [9.17, 15) is 9.18 Å². The van der Waals surface area contributed by atoms with Gasteiger partial charge in [0.1, 0.15) is 11.6 Å². The van der Waals surface area contributed by atoms with Crippen LogP contribution in [-0.4, -0.2) is 19.1 Å². The number of amides is 1. The van der Waals surface area contributed by atoms with Crippen LogP contribution in [0.5, 0.6) is 5.75 Å². The molecule has 1 N–H and O–H groups in total. The Labute approximate surface area is 101 Å². The van der Waals surface area contributed by atoms with Crippen LogP contribution in [0.2, 0.25) is 0 Å². The van der Waals surface area contributed by atoms with E-state index in [4.69, 9.17) is 11.2 Å². The molecule has 1 aromatic rings. The molecule has 0 fully saturated rings. The minimum Gasteiger partial charge on any atom is -0.484 e. The minimum atomic E-state index is -0.443. The van der Waals surface area contributed by atoms with Crippen molar-refractivity contribution in [2.24, 2.45) is 0 Å². The summed E-state index contributed by atoms with van der Waals surface area (Å²) in [7, 11) is 0. The molecule has 0 aliphatic heterocycles. The lowest BCUT2D eigenvalue weighted by molar-refractivity contribution is -0.122. The van der Waals surface area contributed by atoms with Crippen LogP contribution in [0.25, 0.3) is 0 Å². The SMILES string of the molecule is C#CCNC(=O)COc1ccc(Br)c(F)c1. The number of ether oxygens (including phenoxy) is 1. The Hall–Kier alpha value is -1.54. The molecule has 0 saturated carbocycles. The number of carbonyl (C=O) groups is 1. The average Bonchev–Trinajstić information content (AvgIpc) is 2.28. The third-order valence-electron chi connectivity index (χ3n) is 1.65. The molecule has 3 nitrogen and oxygen atoms in total. The van der Waals surface area contributed by atoms with Crippen molar-refractivity contribution in [1.29, 1.82) is 0 Å². The number of benzene rings is 1. The highest BCUT2D eigenvalue weighted by Crippen LogP contribution is 2.20. The van der Waals surface area contributed by atoms with Crippen molar-refractivity contribution in [3.05, 3.63) is 28.5 Å².